The zero-order valence-corrected chi connectivity index (χ0v) is 18.7. The van der Waals surface area contributed by atoms with Gasteiger partial charge < -0.3 is 5.32 Å². The van der Waals surface area contributed by atoms with Crippen LogP contribution in [0.3, 0.4) is 0 Å². The summed E-state index contributed by atoms with van der Waals surface area (Å²) in [4.78, 5) is 0. The van der Waals surface area contributed by atoms with Gasteiger partial charge in [-0.15, -0.1) is 0 Å². The number of aryl methyl sites for hydroxylation is 1. The lowest BCUT2D eigenvalue weighted by Gasteiger charge is -2.24. The first-order valence-electron chi connectivity index (χ1n) is 11.0. The summed E-state index contributed by atoms with van der Waals surface area (Å²) in [6.45, 7) is 3.55. The van der Waals surface area contributed by atoms with E-state index in [2.05, 4.69) is 20.6 Å². The standard InChI is InChI=1S/C24H24F5N5/c1-3-6-14(24(27,28)29)11-16(18(26)4-2)21-13-22-20(7-5-10-34(22)33-21)30-23-17-12-15(25)8-9-19(17)31-32-23/h4,6,8-9,11-13,20H,3,5,7,10H2,1-2H3,(H2,30,31,32)/b14-6-,16-11+,18-4+. The summed E-state index contributed by atoms with van der Waals surface area (Å²) in [7, 11) is 0. The number of benzene rings is 1. The van der Waals surface area contributed by atoms with Crippen LogP contribution in [0.5, 0.6) is 0 Å². The molecule has 3 aromatic rings. The first-order valence-corrected chi connectivity index (χ1v) is 11.0. The van der Waals surface area contributed by atoms with Crippen LogP contribution in [0.2, 0.25) is 0 Å². The highest BCUT2D eigenvalue weighted by atomic mass is 19.4. The fourth-order valence-corrected chi connectivity index (χ4v) is 4.08. The van der Waals surface area contributed by atoms with Crippen molar-refractivity contribution in [1.29, 1.82) is 0 Å². The van der Waals surface area contributed by atoms with Gasteiger partial charge in [-0.25, -0.2) is 8.78 Å². The Labute approximate surface area is 193 Å². The molecule has 0 bridgehead atoms. The number of hydrogen-bond acceptors (Lipinski definition) is 3. The van der Waals surface area contributed by atoms with Crippen molar-refractivity contribution in [2.45, 2.75) is 51.9 Å². The molecule has 2 aromatic heterocycles. The molecule has 2 N–H and O–H groups in total. The Hall–Kier alpha value is -3.43. The highest BCUT2D eigenvalue weighted by Crippen LogP contribution is 2.36. The van der Waals surface area contributed by atoms with Crippen molar-refractivity contribution in [3.05, 3.63) is 71.1 Å². The van der Waals surface area contributed by atoms with E-state index in [0.717, 1.165) is 24.6 Å². The topological polar surface area (TPSA) is 58.5 Å². The van der Waals surface area contributed by atoms with E-state index in [1.807, 2.05) is 0 Å². The molecule has 0 amide bonds. The van der Waals surface area contributed by atoms with Crippen LogP contribution in [0, 0.1) is 5.82 Å². The normalized spacial score (nSPS) is 17.9. The number of nitrogens with zero attached hydrogens (tertiary/aromatic N) is 3. The fraction of sp³-hybridized carbons (Fsp3) is 0.333. The summed E-state index contributed by atoms with van der Waals surface area (Å²) >= 11 is 0. The zero-order valence-electron chi connectivity index (χ0n) is 18.7. The minimum absolute atomic E-state index is 0.114. The second kappa shape index (κ2) is 9.44. The van der Waals surface area contributed by atoms with E-state index in [4.69, 9.17) is 0 Å². The molecule has 0 fully saturated rings. The SMILES string of the molecule is C\C=C(F)/C(=C\C(=C\CC)C(F)(F)F)c1cc2n(n1)CCCC2Nc1n[nH]c2ccc(F)cc12. The van der Waals surface area contributed by atoms with E-state index < -0.39 is 23.4 Å². The smallest absolute Gasteiger partial charge is 0.360 e. The minimum atomic E-state index is -4.62. The quantitative estimate of drug-likeness (QED) is 0.297. The maximum absolute atomic E-state index is 14.7. The molecule has 1 aromatic carbocycles. The largest absolute Gasteiger partial charge is 0.416 e. The maximum atomic E-state index is 14.7. The van der Waals surface area contributed by atoms with Gasteiger partial charge >= 0.3 is 6.18 Å². The zero-order chi connectivity index (χ0) is 24.5. The van der Waals surface area contributed by atoms with Crippen molar-refractivity contribution < 1.29 is 22.0 Å². The van der Waals surface area contributed by atoms with Gasteiger partial charge in [-0.1, -0.05) is 19.1 Å². The van der Waals surface area contributed by atoms with Crippen LogP contribution in [-0.2, 0) is 6.54 Å². The third kappa shape index (κ3) is 4.76. The van der Waals surface area contributed by atoms with E-state index in [1.165, 1.54) is 19.1 Å². The number of H-pyrrole nitrogens is 1. The predicted octanol–water partition coefficient (Wildman–Crippen LogP) is 7.00. The molecule has 0 saturated heterocycles. The van der Waals surface area contributed by atoms with Gasteiger partial charge in [0.15, 0.2) is 5.82 Å². The van der Waals surface area contributed by atoms with Crippen LogP contribution < -0.4 is 5.32 Å². The van der Waals surface area contributed by atoms with Gasteiger partial charge in [0.25, 0.3) is 0 Å². The fourth-order valence-electron chi connectivity index (χ4n) is 4.08. The second-order valence-electron chi connectivity index (χ2n) is 8.04. The van der Waals surface area contributed by atoms with Crippen LogP contribution in [0.1, 0.15) is 50.5 Å². The van der Waals surface area contributed by atoms with Gasteiger partial charge in [0, 0.05) is 17.5 Å². The van der Waals surface area contributed by atoms with Gasteiger partial charge in [0.05, 0.1) is 28.5 Å². The van der Waals surface area contributed by atoms with Gasteiger partial charge in [-0.2, -0.15) is 23.4 Å². The average molecular weight is 477 g/mol. The number of alkyl halides is 3. The van der Waals surface area contributed by atoms with Gasteiger partial charge in [-0.05, 0) is 56.5 Å². The highest BCUT2D eigenvalue weighted by molar-refractivity contribution is 5.89. The Kier molecular flexibility index (Phi) is 6.58. The van der Waals surface area contributed by atoms with Crippen LogP contribution >= 0.6 is 0 Å². The lowest BCUT2D eigenvalue weighted by atomic mass is 10.0. The van der Waals surface area contributed by atoms with Crippen molar-refractivity contribution >= 4 is 22.3 Å². The molecule has 0 spiro atoms. The minimum Gasteiger partial charge on any atom is -0.360 e. The van der Waals surface area contributed by atoms with E-state index >= 15 is 0 Å². The Bertz CT molecular complexity index is 1280. The molecule has 1 aliphatic rings. The third-order valence-electron chi connectivity index (χ3n) is 5.70. The number of halogens is 5. The van der Waals surface area contributed by atoms with E-state index in [-0.39, 0.29) is 23.7 Å². The monoisotopic (exact) mass is 477 g/mol. The molecule has 180 valence electrons. The number of hydrogen-bond donors (Lipinski definition) is 2. The Balaban J connectivity index is 1.72. The maximum Gasteiger partial charge on any atom is 0.416 e. The molecule has 4 rings (SSSR count). The van der Waals surface area contributed by atoms with Gasteiger partial charge in [-0.3, -0.25) is 9.78 Å². The van der Waals surface area contributed by atoms with E-state index in [0.29, 0.717) is 35.4 Å². The summed E-state index contributed by atoms with van der Waals surface area (Å²) in [5, 5.41) is 15.3. The third-order valence-corrected chi connectivity index (χ3v) is 5.70. The molecule has 0 saturated carbocycles. The predicted molar refractivity (Wildman–Crippen MR) is 121 cm³/mol. The lowest BCUT2D eigenvalue weighted by Crippen LogP contribution is -2.22. The molecule has 5 nitrogen and oxygen atoms in total. The van der Waals surface area contributed by atoms with Crippen molar-refractivity contribution in [2.75, 3.05) is 5.32 Å². The summed E-state index contributed by atoms with van der Waals surface area (Å²) in [6.07, 6.45) is -0.0787. The Morgan fingerprint density at radius 3 is 2.79 bits per heavy atom. The van der Waals surface area contributed by atoms with Crippen LogP contribution in [0.15, 0.2) is 53.9 Å². The molecule has 3 heterocycles. The number of rotatable bonds is 6. The molecular weight excluding hydrogens is 453 g/mol. The Morgan fingerprint density at radius 1 is 1.29 bits per heavy atom. The molecule has 34 heavy (non-hydrogen) atoms. The molecule has 1 unspecified atom stereocenters. The second-order valence-corrected chi connectivity index (χ2v) is 8.04. The van der Waals surface area contributed by atoms with Crippen molar-refractivity contribution in [3.63, 3.8) is 0 Å². The highest BCUT2D eigenvalue weighted by Gasteiger charge is 2.33. The first kappa shape index (κ1) is 23.7. The molecule has 1 atom stereocenters. The average Bonchev–Trinajstić information content (AvgIpc) is 3.40. The molecular formula is C24H24F5N5. The van der Waals surface area contributed by atoms with E-state index in [9.17, 15) is 22.0 Å². The number of nitrogens with one attached hydrogen (secondary N) is 2. The lowest BCUT2D eigenvalue weighted by molar-refractivity contribution is -0.0883. The summed E-state index contributed by atoms with van der Waals surface area (Å²) in [5.74, 6) is -0.735. The molecule has 1 aliphatic heterocycles. The van der Waals surface area contributed by atoms with Crippen LogP contribution in [-0.4, -0.2) is 26.2 Å². The van der Waals surface area contributed by atoms with Gasteiger partial charge in [0.1, 0.15) is 11.6 Å². The van der Waals surface area contributed by atoms with Crippen molar-refractivity contribution in [1.82, 2.24) is 20.0 Å². The molecule has 10 heteroatoms. The van der Waals surface area contributed by atoms with E-state index in [1.54, 1.807) is 23.7 Å². The molecule has 0 aliphatic carbocycles. The number of allylic oxidation sites excluding steroid dienone is 6. The van der Waals surface area contributed by atoms with Crippen molar-refractivity contribution in [3.8, 4) is 0 Å². The number of aromatic nitrogens is 4. The van der Waals surface area contributed by atoms with Gasteiger partial charge in [0.2, 0.25) is 0 Å². The number of anilines is 1. The first-order chi connectivity index (χ1) is 16.2. The van der Waals surface area contributed by atoms with Crippen LogP contribution in [0.25, 0.3) is 16.5 Å². The number of fused-ring (bicyclic) bond motifs is 2. The number of aromatic amines is 1. The Morgan fingerprint density at radius 2 is 2.09 bits per heavy atom. The van der Waals surface area contributed by atoms with Crippen LogP contribution in [0.4, 0.5) is 27.8 Å². The summed E-state index contributed by atoms with van der Waals surface area (Å²) in [5.41, 5.74) is 0.317. The molecule has 0 radical (unpaired) electrons. The summed E-state index contributed by atoms with van der Waals surface area (Å²) < 4.78 is 70.6. The summed E-state index contributed by atoms with van der Waals surface area (Å²) in [6, 6.07) is 5.60. The van der Waals surface area contributed by atoms with Crippen molar-refractivity contribution in [2.24, 2.45) is 0 Å².